The third kappa shape index (κ3) is 5.37. The number of esters is 2. The van der Waals surface area contributed by atoms with E-state index in [1.54, 1.807) is 0 Å². The van der Waals surface area contributed by atoms with Crippen molar-refractivity contribution in [2.45, 2.75) is 40.7 Å². The molecule has 7 heteroatoms. The van der Waals surface area contributed by atoms with Crippen LogP contribution < -0.4 is 9.47 Å². The fourth-order valence-electron chi connectivity index (χ4n) is 1.63. The Hall–Kier alpha value is -2.18. The zero-order chi connectivity index (χ0) is 16.0. The quantitative estimate of drug-likeness (QED) is 0.738. The first-order valence-electron chi connectivity index (χ1n) is 6.59. The molecule has 0 saturated carbocycles. The van der Waals surface area contributed by atoms with Crippen LogP contribution in [0, 0.1) is 5.92 Å². The highest BCUT2D eigenvalue weighted by Crippen LogP contribution is 2.24. The number of methoxy groups -OCH3 is 1. The molecule has 1 aromatic rings. The molecule has 0 atom stereocenters. The van der Waals surface area contributed by atoms with E-state index < -0.39 is 11.9 Å². The van der Waals surface area contributed by atoms with Gasteiger partial charge >= 0.3 is 11.9 Å². The third-order valence-electron chi connectivity index (χ3n) is 2.41. The van der Waals surface area contributed by atoms with Gasteiger partial charge in [-0.05, 0) is 12.3 Å². The maximum atomic E-state index is 11.2. The predicted molar refractivity (Wildman–Crippen MR) is 73.9 cm³/mol. The minimum Gasteiger partial charge on any atom is -0.480 e. The molecule has 0 amide bonds. The Labute approximate surface area is 123 Å². The molecule has 7 nitrogen and oxygen atoms in total. The zero-order valence-electron chi connectivity index (χ0n) is 12.9. The second-order valence-corrected chi connectivity index (χ2v) is 4.90. The van der Waals surface area contributed by atoms with Gasteiger partial charge in [-0.3, -0.25) is 9.59 Å². The Kier molecular flexibility index (Phi) is 6.08. The average Bonchev–Trinajstić information content (AvgIpc) is 2.37. The van der Waals surface area contributed by atoms with E-state index in [-0.39, 0.29) is 18.4 Å². The predicted octanol–water partition coefficient (Wildman–Crippen LogP) is 1.67. The molecule has 1 aromatic heterocycles. The van der Waals surface area contributed by atoms with Crippen LogP contribution in [-0.4, -0.2) is 29.0 Å². The monoisotopic (exact) mass is 296 g/mol. The fourth-order valence-corrected chi connectivity index (χ4v) is 1.63. The number of carbonyl (C=O) groups excluding carboxylic acids is 2. The van der Waals surface area contributed by atoms with Crippen molar-refractivity contribution in [3.63, 3.8) is 0 Å². The van der Waals surface area contributed by atoms with Crippen LogP contribution in [0.2, 0.25) is 0 Å². The lowest BCUT2D eigenvalue weighted by Crippen LogP contribution is -2.13. The van der Waals surface area contributed by atoms with Crippen LogP contribution in [-0.2, 0) is 27.4 Å². The highest BCUT2D eigenvalue weighted by atomic mass is 16.5. The first-order chi connectivity index (χ1) is 9.83. The average molecular weight is 296 g/mol. The number of hydrogen-bond donors (Lipinski definition) is 0. The van der Waals surface area contributed by atoms with E-state index in [0.29, 0.717) is 23.7 Å². The van der Waals surface area contributed by atoms with Crippen LogP contribution in [0.25, 0.3) is 0 Å². The number of rotatable bonds is 6. The van der Waals surface area contributed by atoms with Crippen molar-refractivity contribution in [3.05, 3.63) is 11.4 Å². The summed E-state index contributed by atoms with van der Waals surface area (Å²) in [5.41, 5.74) is 0.833. The summed E-state index contributed by atoms with van der Waals surface area (Å²) >= 11 is 0. The van der Waals surface area contributed by atoms with Gasteiger partial charge in [-0.2, -0.15) is 0 Å². The van der Waals surface area contributed by atoms with Gasteiger partial charge in [0.1, 0.15) is 18.0 Å². The Bertz CT molecular complexity index is 528. The molecular formula is C14H20N2O5. The Morgan fingerprint density at radius 1 is 1.05 bits per heavy atom. The van der Waals surface area contributed by atoms with Gasteiger partial charge in [0.25, 0.3) is 0 Å². The van der Waals surface area contributed by atoms with Crippen molar-refractivity contribution in [2.75, 3.05) is 7.11 Å². The van der Waals surface area contributed by atoms with Gasteiger partial charge in [0, 0.05) is 13.8 Å². The normalized spacial score (nSPS) is 10.4. The first-order valence-corrected chi connectivity index (χ1v) is 6.59. The summed E-state index contributed by atoms with van der Waals surface area (Å²) in [4.78, 5) is 30.6. The maximum Gasteiger partial charge on any atom is 0.309 e. The lowest BCUT2D eigenvalue weighted by Gasteiger charge is -2.13. The largest absolute Gasteiger partial charge is 0.480 e. The molecule has 116 valence electrons. The number of nitrogens with zero attached hydrogens (tertiary/aromatic N) is 2. The summed E-state index contributed by atoms with van der Waals surface area (Å²) in [7, 11) is 1.45. The fraction of sp³-hybridized carbons (Fsp3) is 0.571. The second-order valence-electron chi connectivity index (χ2n) is 4.90. The third-order valence-corrected chi connectivity index (χ3v) is 2.41. The molecule has 0 N–H and O–H groups in total. The van der Waals surface area contributed by atoms with Gasteiger partial charge < -0.3 is 14.2 Å². The van der Waals surface area contributed by atoms with Crippen molar-refractivity contribution >= 4 is 11.9 Å². The Morgan fingerprint density at radius 2 is 1.67 bits per heavy atom. The zero-order valence-corrected chi connectivity index (χ0v) is 12.9. The molecule has 0 spiro atoms. The van der Waals surface area contributed by atoms with Gasteiger partial charge in [-0.15, -0.1) is 0 Å². The lowest BCUT2D eigenvalue weighted by atomic mass is 10.1. The summed E-state index contributed by atoms with van der Waals surface area (Å²) in [5, 5.41) is 0. The van der Waals surface area contributed by atoms with E-state index in [1.165, 1.54) is 21.0 Å². The van der Waals surface area contributed by atoms with Crippen molar-refractivity contribution in [2.24, 2.45) is 5.92 Å². The molecule has 0 saturated heterocycles. The maximum absolute atomic E-state index is 11.2. The molecule has 0 aliphatic heterocycles. The lowest BCUT2D eigenvalue weighted by molar-refractivity contribution is -0.142. The van der Waals surface area contributed by atoms with Gasteiger partial charge in [0.15, 0.2) is 0 Å². The van der Waals surface area contributed by atoms with Gasteiger partial charge in [0.05, 0.1) is 7.11 Å². The second kappa shape index (κ2) is 7.56. The Morgan fingerprint density at radius 3 is 2.14 bits per heavy atom. The standard InChI is InChI=1S/C14H20N2O5/c1-8(2)6-11-14(21-10(4)18)16-12(7-20-9(3)17)13(15-11)19-5/h8H,6-7H2,1-5H3. The minimum absolute atomic E-state index is 0.0955. The topological polar surface area (TPSA) is 87.6 Å². The van der Waals surface area contributed by atoms with Crippen molar-refractivity contribution < 1.29 is 23.8 Å². The molecule has 0 aliphatic rings. The molecule has 0 unspecified atom stereocenters. The molecule has 0 bridgehead atoms. The first kappa shape index (κ1) is 16.9. The Balaban J connectivity index is 3.18. The van der Waals surface area contributed by atoms with E-state index in [2.05, 4.69) is 9.97 Å². The summed E-state index contributed by atoms with van der Waals surface area (Å²) in [6.07, 6.45) is 0.583. The number of carbonyl (C=O) groups is 2. The smallest absolute Gasteiger partial charge is 0.309 e. The molecule has 0 aliphatic carbocycles. The van der Waals surface area contributed by atoms with Gasteiger partial charge in [-0.1, -0.05) is 13.8 Å². The van der Waals surface area contributed by atoms with Crippen molar-refractivity contribution in [3.8, 4) is 11.8 Å². The van der Waals surface area contributed by atoms with Gasteiger partial charge in [0.2, 0.25) is 11.8 Å². The van der Waals surface area contributed by atoms with Crippen molar-refractivity contribution in [1.29, 1.82) is 0 Å². The van der Waals surface area contributed by atoms with Crippen LogP contribution in [0.1, 0.15) is 39.1 Å². The van der Waals surface area contributed by atoms with Crippen LogP contribution >= 0.6 is 0 Å². The highest BCUT2D eigenvalue weighted by Gasteiger charge is 2.18. The van der Waals surface area contributed by atoms with E-state index in [0.717, 1.165) is 0 Å². The van der Waals surface area contributed by atoms with Crippen LogP contribution in [0.15, 0.2) is 0 Å². The van der Waals surface area contributed by atoms with Crippen LogP contribution in [0.3, 0.4) is 0 Å². The van der Waals surface area contributed by atoms with Gasteiger partial charge in [-0.25, -0.2) is 9.97 Å². The van der Waals surface area contributed by atoms with E-state index in [9.17, 15) is 9.59 Å². The number of hydrogen-bond acceptors (Lipinski definition) is 7. The summed E-state index contributed by atoms with van der Waals surface area (Å²) in [6, 6.07) is 0. The molecular weight excluding hydrogens is 276 g/mol. The number of aromatic nitrogens is 2. The van der Waals surface area contributed by atoms with E-state index in [4.69, 9.17) is 14.2 Å². The molecule has 0 aromatic carbocycles. The summed E-state index contributed by atoms with van der Waals surface area (Å²) in [5.74, 6) is -0.253. The number of ether oxygens (including phenoxy) is 3. The van der Waals surface area contributed by atoms with Crippen molar-refractivity contribution in [1.82, 2.24) is 9.97 Å². The van der Waals surface area contributed by atoms with Crippen LogP contribution in [0.4, 0.5) is 0 Å². The summed E-state index contributed by atoms with van der Waals surface area (Å²) < 4.78 is 15.1. The summed E-state index contributed by atoms with van der Waals surface area (Å²) in [6.45, 7) is 6.51. The molecule has 1 rings (SSSR count). The van der Waals surface area contributed by atoms with Crippen LogP contribution in [0.5, 0.6) is 11.8 Å². The molecule has 21 heavy (non-hydrogen) atoms. The van der Waals surface area contributed by atoms with E-state index in [1.807, 2.05) is 13.8 Å². The minimum atomic E-state index is -0.488. The highest BCUT2D eigenvalue weighted by molar-refractivity contribution is 5.69. The van der Waals surface area contributed by atoms with E-state index >= 15 is 0 Å². The molecule has 1 heterocycles. The SMILES string of the molecule is COc1nc(CC(C)C)c(OC(C)=O)nc1COC(C)=O. The molecule has 0 radical (unpaired) electrons. The molecule has 0 fully saturated rings.